The van der Waals surface area contributed by atoms with Gasteiger partial charge in [0.05, 0.1) is 18.6 Å². The number of aromatic amines is 1. The number of H-pyrrole nitrogens is 1. The summed E-state index contributed by atoms with van der Waals surface area (Å²) in [6.07, 6.45) is 1.65. The Labute approximate surface area is 117 Å². The number of ether oxygens (including phenoxy) is 2. The van der Waals surface area contributed by atoms with Crippen LogP contribution in [0.15, 0.2) is 35.3 Å². The maximum atomic E-state index is 11.7. The summed E-state index contributed by atoms with van der Waals surface area (Å²) >= 11 is 0. The monoisotopic (exact) mass is 274 g/mol. The highest BCUT2D eigenvalue weighted by molar-refractivity contribution is 5.87. The number of pyridine rings is 1. The molecule has 106 valence electrons. The number of benzene rings is 1. The lowest BCUT2D eigenvalue weighted by Gasteiger charge is -2.26. The van der Waals surface area contributed by atoms with E-state index in [1.165, 1.54) is 0 Å². The number of fused-ring (bicyclic) bond motifs is 1. The summed E-state index contributed by atoms with van der Waals surface area (Å²) < 4.78 is 11.2. The largest absolute Gasteiger partial charge is 0.492 e. The van der Waals surface area contributed by atoms with Crippen LogP contribution in [0.2, 0.25) is 0 Å². The minimum atomic E-state index is -0.0823. The molecule has 0 bridgehead atoms. The van der Waals surface area contributed by atoms with Crippen LogP contribution < -0.4 is 10.3 Å². The quantitative estimate of drug-likeness (QED) is 0.911. The van der Waals surface area contributed by atoms with Crippen LogP contribution in [-0.2, 0) is 4.74 Å². The maximum Gasteiger partial charge on any atom is 0.255 e. The molecule has 1 aromatic heterocycles. The van der Waals surface area contributed by atoms with Gasteiger partial charge in [-0.1, -0.05) is 6.07 Å². The first kappa shape index (κ1) is 13.1. The fraction of sp³-hybridized carbons (Fsp3) is 0.400. The molecule has 0 saturated carbocycles. The summed E-state index contributed by atoms with van der Waals surface area (Å²) in [5.74, 6) is 0.766. The lowest BCUT2D eigenvalue weighted by Crippen LogP contribution is -2.38. The maximum absolute atomic E-state index is 11.7. The molecule has 20 heavy (non-hydrogen) atoms. The molecule has 0 radical (unpaired) electrons. The van der Waals surface area contributed by atoms with Crippen LogP contribution in [0.1, 0.15) is 0 Å². The number of nitrogens with zero attached hydrogens (tertiary/aromatic N) is 1. The minimum absolute atomic E-state index is 0.0823. The third-order valence-corrected chi connectivity index (χ3v) is 3.54. The van der Waals surface area contributed by atoms with Crippen LogP contribution in [0.4, 0.5) is 0 Å². The first-order valence-corrected chi connectivity index (χ1v) is 6.88. The Balaban J connectivity index is 1.68. The van der Waals surface area contributed by atoms with E-state index in [-0.39, 0.29) is 5.56 Å². The van der Waals surface area contributed by atoms with Crippen LogP contribution >= 0.6 is 0 Å². The van der Waals surface area contributed by atoms with Crippen molar-refractivity contribution in [2.45, 2.75) is 0 Å². The van der Waals surface area contributed by atoms with E-state index in [2.05, 4.69) is 9.88 Å². The third-order valence-electron chi connectivity index (χ3n) is 3.54. The van der Waals surface area contributed by atoms with Crippen LogP contribution in [0.3, 0.4) is 0 Å². The minimum Gasteiger partial charge on any atom is -0.492 e. The van der Waals surface area contributed by atoms with Crippen LogP contribution in [0.25, 0.3) is 10.8 Å². The molecule has 1 N–H and O–H groups in total. The van der Waals surface area contributed by atoms with E-state index in [1.807, 2.05) is 24.3 Å². The van der Waals surface area contributed by atoms with Gasteiger partial charge in [-0.05, 0) is 18.2 Å². The molecule has 1 aliphatic rings. The molecule has 2 aromatic rings. The highest BCUT2D eigenvalue weighted by atomic mass is 16.5. The van der Waals surface area contributed by atoms with Gasteiger partial charge in [-0.3, -0.25) is 9.69 Å². The van der Waals surface area contributed by atoms with Crippen molar-refractivity contribution < 1.29 is 9.47 Å². The van der Waals surface area contributed by atoms with Crippen LogP contribution in [0.5, 0.6) is 5.75 Å². The summed E-state index contributed by atoms with van der Waals surface area (Å²) in [7, 11) is 0. The number of aromatic nitrogens is 1. The second-order valence-corrected chi connectivity index (χ2v) is 4.83. The average Bonchev–Trinajstić information content (AvgIpc) is 2.49. The van der Waals surface area contributed by atoms with E-state index in [9.17, 15) is 4.79 Å². The molecular formula is C15H18N2O3. The number of rotatable bonds is 4. The lowest BCUT2D eigenvalue weighted by atomic mass is 10.1. The van der Waals surface area contributed by atoms with Crippen molar-refractivity contribution in [1.29, 1.82) is 0 Å². The summed E-state index contributed by atoms with van der Waals surface area (Å²) in [6, 6.07) is 7.44. The predicted molar refractivity (Wildman–Crippen MR) is 77.3 cm³/mol. The molecule has 5 heteroatoms. The van der Waals surface area contributed by atoms with Crippen LogP contribution in [-0.4, -0.2) is 49.3 Å². The first-order valence-electron chi connectivity index (χ1n) is 6.88. The van der Waals surface area contributed by atoms with E-state index < -0.39 is 0 Å². The molecule has 5 nitrogen and oxygen atoms in total. The molecule has 1 saturated heterocycles. The van der Waals surface area contributed by atoms with Gasteiger partial charge in [0.25, 0.3) is 5.56 Å². The SMILES string of the molecule is O=c1[nH]ccc2c(OCCN3CCOCC3)cccc12. The van der Waals surface area contributed by atoms with Crippen molar-refractivity contribution in [2.75, 3.05) is 39.5 Å². The van der Waals surface area contributed by atoms with Gasteiger partial charge in [0.2, 0.25) is 0 Å². The predicted octanol–water partition coefficient (Wildman–Crippen LogP) is 1.24. The number of nitrogens with one attached hydrogen (secondary N) is 1. The standard InChI is InChI=1S/C15H18N2O3/c18-15-13-2-1-3-14(12(13)4-5-16-15)20-11-8-17-6-9-19-10-7-17/h1-5H,6-11H2,(H,16,18). The van der Waals surface area contributed by atoms with Crippen molar-refractivity contribution in [3.05, 3.63) is 40.8 Å². The van der Waals surface area contributed by atoms with E-state index in [0.29, 0.717) is 12.0 Å². The third kappa shape index (κ3) is 2.84. The summed E-state index contributed by atoms with van der Waals surface area (Å²) in [4.78, 5) is 16.7. The zero-order chi connectivity index (χ0) is 13.8. The summed E-state index contributed by atoms with van der Waals surface area (Å²) in [6.45, 7) is 5.00. The fourth-order valence-electron chi connectivity index (χ4n) is 2.43. The van der Waals surface area contributed by atoms with Gasteiger partial charge in [-0.15, -0.1) is 0 Å². The highest BCUT2D eigenvalue weighted by Gasteiger charge is 2.10. The van der Waals surface area contributed by atoms with Crippen molar-refractivity contribution >= 4 is 10.8 Å². The summed E-state index contributed by atoms with van der Waals surface area (Å²) in [5, 5.41) is 1.52. The Morgan fingerprint density at radius 1 is 1.20 bits per heavy atom. The molecule has 3 rings (SSSR count). The van der Waals surface area contributed by atoms with Gasteiger partial charge in [-0.25, -0.2) is 0 Å². The smallest absolute Gasteiger partial charge is 0.255 e. The second kappa shape index (κ2) is 6.07. The molecule has 1 aromatic carbocycles. The molecule has 0 amide bonds. The topological polar surface area (TPSA) is 54.6 Å². The Kier molecular flexibility index (Phi) is 3.99. The van der Waals surface area contributed by atoms with E-state index in [1.54, 1.807) is 6.20 Å². The number of hydrogen-bond acceptors (Lipinski definition) is 4. The zero-order valence-corrected chi connectivity index (χ0v) is 11.3. The van der Waals surface area contributed by atoms with Crippen molar-refractivity contribution in [3.63, 3.8) is 0 Å². The van der Waals surface area contributed by atoms with Crippen molar-refractivity contribution in [3.8, 4) is 5.75 Å². The van der Waals surface area contributed by atoms with E-state index in [0.717, 1.165) is 44.0 Å². The highest BCUT2D eigenvalue weighted by Crippen LogP contribution is 2.22. The Hall–Kier alpha value is -1.85. The Morgan fingerprint density at radius 2 is 2.05 bits per heavy atom. The van der Waals surface area contributed by atoms with E-state index >= 15 is 0 Å². The van der Waals surface area contributed by atoms with Gasteiger partial charge >= 0.3 is 0 Å². The van der Waals surface area contributed by atoms with Gasteiger partial charge < -0.3 is 14.5 Å². The fourth-order valence-corrected chi connectivity index (χ4v) is 2.43. The molecule has 0 atom stereocenters. The van der Waals surface area contributed by atoms with Crippen molar-refractivity contribution in [2.24, 2.45) is 0 Å². The lowest BCUT2D eigenvalue weighted by molar-refractivity contribution is 0.0323. The first-order chi connectivity index (χ1) is 9.84. The van der Waals surface area contributed by atoms with Gasteiger partial charge in [0, 0.05) is 31.2 Å². The molecule has 2 heterocycles. The van der Waals surface area contributed by atoms with Gasteiger partial charge in [0.1, 0.15) is 12.4 Å². The molecule has 1 fully saturated rings. The Bertz CT molecular complexity index is 632. The number of hydrogen-bond donors (Lipinski definition) is 1. The average molecular weight is 274 g/mol. The normalized spacial score (nSPS) is 16.4. The molecule has 0 aliphatic carbocycles. The van der Waals surface area contributed by atoms with E-state index in [4.69, 9.17) is 9.47 Å². The molecular weight excluding hydrogens is 256 g/mol. The Morgan fingerprint density at radius 3 is 2.90 bits per heavy atom. The van der Waals surface area contributed by atoms with Crippen LogP contribution in [0, 0.1) is 0 Å². The van der Waals surface area contributed by atoms with Gasteiger partial charge in [0.15, 0.2) is 0 Å². The molecule has 0 unspecified atom stereocenters. The zero-order valence-electron chi connectivity index (χ0n) is 11.3. The molecule has 1 aliphatic heterocycles. The second-order valence-electron chi connectivity index (χ2n) is 4.83. The van der Waals surface area contributed by atoms with Crippen molar-refractivity contribution in [1.82, 2.24) is 9.88 Å². The van der Waals surface area contributed by atoms with Gasteiger partial charge in [-0.2, -0.15) is 0 Å². The summed E-state index contributed by atoms with van der Waals surface area (Å²) in [5.41, 5.74) is -0.0823. The molecule has 0 spiro atoms. The number of morpholine rings is 1.